The Balaban J connectivity index is 0.000000214. The molecule has 14 heteroatoms. The first-order valence-electron chi connectivity index (χ1n) is 19.9. The van der Waals surface area contributed by atoms with Gasteiger partial charge in [0.1, 0.15) is 22.2 Å². The maximum Gasteiger partial charge on any atom is 0.410 e. The van der Waals surface area contributed by atoms with Crippen LogP contribution in [0, 0.1) is 10.8 Å². The summed E-state index contributed by atoms with van der Waals surface area (Å²) in [7, 11) is -2.51. The summed E-state index contributed by atoms with van der Waals surface area (Å²) >= 11 is 0. The molecule has 0 radical (unpaired) electrons. The zero-order valence-electron chi connectivity index (χ0n) is 35.6. The first-order valence-corrected chi connectivity index (χ1v) is 22.1. The molecule has 2 spiro atoms. The lowest BCUT2D eigenvalue weighted by molar-refractivity contribution is 0.00706. The van der Waals surface area contributed by atoms with Crippen molar-refractivity contribution < 1.29 is 27.5 Å². The number of rotatable bonds is 3. The van der Waals surface area contributed by atoms with Crippen LogP contribution in [0.5, 0.6) is 0 Å². The molecule has 2 aromatic heterocycles. The highest BCUT2D eigenvalue weighted by molar-refractivity contribution is 7.85. The number of nitrogens with zero attached hydrogens (tertiary/aromatic N) is 5. The number of carbonyl (C=O) groups is 2. The molecule has 0 unspecified atom stereocenters. The van der Waals surface area contributed by atoms with Crippen molar-refractivity contribution in [2.45, 2.75) is 148 Å². The van der Waals surface area contributed by atoms with Gasteiger partial charge in [-0.1, -0.05) is 6.07 Å². The van der Waals surface area contributed by atoms with Crippen molar-refractivity contribution in [3.8, 4) is 0 Å². The van der Waals surface area contributed by atoms with Crippen molar-refractivity contribution in [2.24, 2.45) is 15.2 Å². The van der Waals surface area contributed by atoms with Crippen molar-refractivity contribution in [2.75, 3.05) is 26.2 Å². The smallest absolute Gasteiger partial charge is 0.410 e. The standard InChI is InChI=1S/C21H33N3O3S.C21H31N3O3S/c2*1-19(2,3)27-18(25)24-12-9-21(10-13-24)14-16-15(8-7-11-22-16)17(21)23-28(26)20(4,5)6/h7-8,11,17,23H,9-10,12-14H2,1-6H3;7-8,11H,9-10,12-14H2,1-6H3/t17-,28-;28-/m11/s1. The summed E-state index contributed by atoms with van der Waals surface area (Å²) in [5, 5.41) is 0. The number of carbonyl (C=O) groups excluding carboxylic acids is 2. The van der Waals surface area contributed by atoms with Crippen LogP contribution in [0.15, 0.2) is 41.1 Å². The predicted molar refractivity (Wildman–Crippen MR) is 223 cm³/mol. The first kappa shape index (κ1) is 43.9. The Kier molecular flexibility index (Phi) is 12.7. The zero-order chi connectivity index (χ0) is 41.5. The van der Waals surface area contributed by atoms with Crippen LogP contribution < -0.4 is 4.72 Å². The van der Waals surface area contributed by atoms with Gasteiger partial charge in [0.05, 0.1) is 37.9 Å². The van der Waals surface area contributed by atoms with Gasteiger partial charge in [-0.15, -0.1) is 0 Å². The molecule has 2 aliphatic carbocycles. The molecule has 4 heterocycles. The molecule has 0 saturated carbocycles. The third-order valence-corrected chi connectivity index (χ3v) is 13.7. The molecule has 1 N–H and O–H groups in total. The predicted octanol–water partition coefficient (Wildman–Crippen LogP) is 7.65. The van der Waals surface area contributed by atoms with E-state index < -0.39 is 37.9 Å². The molecule has 2 fully saturated rings. The fraction of sp³-hybridized carbons (Fsp3) is 0.690. The second-order valence-electron chi connectivity index (χ2n) is 19.7. The number of likely N-dealkylation sites (tertiary alicyclic amines) is 2. The van der Waals surface area contributed by atoms with E-state index in [-0.39, 0.29) is 33.8 Å². The molecule has 56 heavy (non-hydrogen) atoms. The molecule has 0 aromatic carbocycles. The molecular formula is C42H64N6O6S2. The average Bonchev–Trinajstić information content (AvgIpc) is 3.54. The van der Waals surface area contributed by atoms with Gasteiger partial charge in [0.2, 0.25) is 0 Å². The van der Waals surface area contributed by atoms with E-state index in [1.807, 2.05) is 107 Å². The lowest BCUT2D eigenvalue weighted by Crippen LogP contribution is -2.49. The molecule has 0 bridgehead atoms. The summed E-state index contributed by atoms with van der Waals surface area (Å²) in [6, 6.07) is 7.95. The monoisotopic (exact) mass is 812 g/mol. The number of hydrogen-bond acceptors (Lipinski definition) is 8. The summed E-state index contributed by atoms with van der Waals surface area (Å²) in [4.78, 5) is 37.6. The molecule has 2 amide bonds. The Morgan fingerprint density at radius 2 is 1.23 bits per heavy atom. The number of fused-ring (bicyclic) bond motifs is 2. The maximum absolute atomic E-state index is 12.9. The minimum absolute atomic E-state index is 0.0166. The van der Waals surface area contributed by atoms with Gasteiger partial charge in [-0.05, 0) is 144 Å². The number of amides is 2. The highest BCUT2D eigenvalue weighted by atomic mass is 32.2. The molecular weight excluding hydrogens is 749 g/mol. The Bertz CT molecular complexity index is 1840. The largest absolute Gasteiger partial charge is 0.444 e. The lowest BCUT2D eigenvalue weighted by atomic mass is 9.73. The third kappa shape index (κ3) is 10.2. The van der Waals surface area contributed by atoms with E-state index in [0.29, 0.717) is 26.2 Å². The van der Waals surface area contributed by atoms with E-state index in [0.717, 1.165) is 66.8 Å². The summed E-state index contributed by atoms with van der Waals surface area (Å²) in [6.45, 7) is 25.5. The quantitative estimate of drug-likeness (QED) is 0.333. The van der Waals surface area contributed by atoms with Crippen LogP contribution in [0.3, 0.4) is 0 Å². The van der Waals surface area contributed by atoms with Crippen LogP contribution in [0.25, 0.3) is 0 Å². The molecule has 12 nitrogen and oxygen atoms in total. The fourth-order valence-corrected chi connectivity index (χ4v) is 9.41. The van der Waals surface area contributed by atoms with E-state index >= 15 is 0 Å². The van der Waals surface area contributed by atoms with Crippen molar-refractivity contribution in [1.82, 2.24) is 24.5 Å². The van der Waals surface area contributed by atoms with Crippen LogP contribution in [-0.4, -0.2) is 93.0 Å². The van der Waals surface area contributed by atoms with Crippen molar-refractivity contribution in [3.63, 3.8) is 0 Å². The average molecular weight is 813 g/mol. The van der Waals surface area contributed by atoms with E-state index in [1.54, 1.807) is 16.0 Å². The van der Waals surface area contributed by atoms with Crippen LogP contribution in [-0.2, 0) is 44.3 Å². The Labute approximate surface area is 339 Å². The number of nitrogens with one attached hydrogen (secondary N) is 1. The molecule has 310 valence electrons. The van der Waals surface area contributed by atoms with Gasteiger partial charge in [0.25, 0.3) is 0 Å². The van der Waals surface area contributed by atoms with Gasteiger partial charge in [0, 0.05) is 61.7 Å². The molecule has 2 aromatic rings. The van der Waals surface area contributed by atoms with Crippen LogP contribution in [0.2, 0.25) is 0 Å². The van der Waals surface area contributed by atoms with Gasteiger partial charge in [-0.25, -0.2) is 22.7 Å². The van der Waals surface area contributed by atoms with Gasteiger partial charge in [-0.2, -0.15) is 4.40 Å². The minimum atomic E-state index is -1.34. The molecule has 2 aliphatic heterocycles. The van der Waals surface area contributed by atoms with Crippen LogP contribution in [0.4, 0.5) is 9.59 Å². The molecule has 3 atom stereocenters. The Hall–Kier alpha value is -3.23. The highest BCUT2D eigenvalue weighted by Gasteiger charge is 2.51. The molecule has 4 aliphatic rings. The first-order chi connectivity index (χ1) is 25.8. The topological polar surface area (TPSA) is 143 Å². The lowest BCUT2D eigenvalue weighted by Gasteiger charge is -2.43. The van der Waals surface area contributed by atoms with Crippen molar-refractivity contribution in [3.05, 3.63) is 59.2 Å². The van der Waals surface area contributed by atoms with E-state index in [9.17, 15) is 18.0 Å². The van der Waals surface area contributed by atoms with Gasteiger partial charge in [0.15, 0.2) is 0 Å². The zero-order valence-corrected chi connectivity index (χ0v) is 37.2. The molecule has 2 saturated heterocycles. The summed E-state index contributed by atoms with van der Waals surface area (Å²) in [5.41, 5.74) is 3.86. The Morgan fingerprint density at radius 1 is 0.732 bits per heavy atom. The van der Waals surface area contributed by atoms with Crippen molar-refractivity contribution >= 4 is 39.9 Å². The second-order valence-corrected chi connectivity index (χ2v) is 23.6. The van der Waals surface area contributed by atoms with Crippen LogP contribution in [0.1, 0.15) is 137 Å². The van der Waals surface area contributed by atoms with Crippen LogP contribution >= 0.6 is 0 Å². The summed E-state index contributed by atoms with van der Waals surface area (Å²) < 4.78 is 44.1. The van der Waals surface area contributed by atoms with Gasteiger partial charge < -0.3 is 19.3 Å². The third-order valence-electron chi connectivity index (χ3n) is 10.8. The highest BCUT2D eigenvalue weighted by Crippen LogP contribution is 2.52. The second kappa shape index (κ2) is 16.2. The maximum atomic E-state index is 12.9. The number of ether oxygens (including phenoxy) is 2. The molecule has 6 rings (SSSR count). The minimum Gasteiger partial charge on any atom is -0.444 e. The number of hydrogen-bond donors (Lipinski definition) is 1. The number of pyridine rings is 2. The van der Waals surface area contributed by atoms with E-state index in [1.165, 1.54) is 0 Å². The summed E-state index contributed by atoms with van der Waals surface area (Å²) in [6.07, 6.45) is 7.94. The van der Waals surface area contributed by atoms with Crippen molar-refractivity contribution in [1.29, 1.82) is 0 Å². The normalized spacial score (nSPS) is 22.2. The number of aromatic nitrogens is 2. The van der Waals surface area contributed by atoms with E-state index in [4.69, 9.17) is 13.9 Å². The fourth-order valence-electron chi connectivity index (χ4n) is 7.73. The number of piperidine rings is 2. The SMILES string of the molecule is CC(C)(C)OC(=O)N1CCC2(CC1)Cc1ncccc1C2=N[S@](=O)C(C)(C)C.CC(C)(C)OC(=O)N1CCC2(CC1)Cc1ncccc1[C@H]2N[S@](=O)C(C)(C)C. The summed E-state index contributed by atoms with van der Waals surface area (Å²) in [5.74, 6) is 0. The van der Waals surface area contributed by atoms with E-state index in [2.05, 4.69) is 20.8 Å². The Morgan fingerprint density at radius 3 is 1.73 bits per heavy atom. The van der Waals surface area contributed by atoms with Gasteiger partial charge in [-0.3, -0.25) is 9.97 Å². The van der Waals surface area contributed by atoms with Gasteiger partial charge >= 0.3 is 12.2 Å².